The minimum atomic E-state index is 0.179. The lowest BCUT2D eigenvalue weighted by Crippen LogP contribution is -2.42. The summed E-state index contributed by atoms with van der Waals surface area (Å²) in [5, 5.41) is 0. The maximum atomic E-state index is 5.78. The van der Waals surface area contributed by atoms with Crippen molar-refractivity contribution in [3.05, 3.63) is 0 Å². The van der Waals surface area contributed by atoms with Crippen LogP contribution in [0.15, 0.2) is 0 Å². The van der Waals surface area contributed by atoms with Gasteiger partial charge in [-0.15, -0.1) is 0 Å². The summed E-state index contributed by atoms with van der Waals surface area (Å²) in [5.74, 6) is 2.28. The molecule has 1 fully saturated rings. The lowest BCUT2D eigenvalue weighted by molar-refractivity contribution is -0.0491. The largest absolute Gasteiger partial charge is 0.384 e. The number of ether oxygens (including phenoxy) is 2. The summed E-state index contributed by atoms with van der Waals surface area (Å²) in [5.41, 5.74) is 0.179. The Morgan fingerprint density at radius 1 is 0.778 bits per heavy atom. The van der Waals surface area contributed by atoms with Crippen LogP contribution in [0.5, 0.6) is 0 Å². The second-order valence-electron chi connectivity index (χ2n) is 10.1. The van der Waals surface area contributed by atoms with Gasteiger partial charge in [0.1, 0.15) is 0 Å². The number of rotatable bonds is 14. The summed E-state index contributed by atoms with van der Waals surface area (Å²) in [6.07, 6.45) is 14.4. The molecular formula is C24H47BrO2. The first-order valence-corrected chi connectivity index (χ1v) is 12.2. The topological polar surface area (TPSA) is 18.5 Å². The molecule has 0 spiro atoms. The summed E-state index contributed by atoms with van der Waals surface area (Å²) in [6, 6.07) is 0. The van der Waals surface area contributed by atoms with E-state index in [0.717, 1.165) is 31.0 Å². The van der Waals surface area contributed by atoms with Crippen molar-refractivity contribution >= 4 is 15.9 Å². The van der Waals surface area contributed by atoms with E-state index in [-0.39, 0.29) is 9.74 Å². The highest BCUT2D eigenvalue weighted by Crippen LogP contribution is 2.46. The van der Waals surface area contributed by atoms with Gasteiger partial charge in [-0.3, -0.25) is 0 Å². The van der Waals surface area contributed by atoms with Crippen molar-refractivity contribution in [3.8, 4) is 0 Å². The van der Waals surface area contributed by atoms with E-state index < -0.39 is 0 Å². The zero-order valence-corrected chi connectivity index (χ0v) is 20.7. The van der Waals surface area contributed by atoms with Gasteiger partial charge in [-0.05, 0) is 69.1 Å². The van der Waals surface area contributed by atoms with Crippen LogP contribution in [0.4, 0.5) is 0 Å². The van der Waals surface area contributed by atoms with E-state index >= 15 is 0 Å². The first-order chi connectivity index (χ1) is 12.8. The van der Waals surface area contributed by atoms with Crippen LogP contribution in [0.25, 0.3) is 0 Å². The van der Waals surface area contributed by atoms with Crippen molar-refractivity contribution in [2.45, 2.75) is 103 Å². The van der Waals surface area contributed by atoms with Gasteiger partial charge in [-0.25, -0.2) is 0 Å². The molecule has 0 aromatic heterocycles. The third kappa shape index (κ3) is 9.17. The van der Waals surface area contributed by atoms with E-state index in [1.165, 1.54) is 70.6 Å². The molecule has 0 aromatic carbocycles. The van der Waals surface area contributed by atoms with Crippen molar-refractivity contribution in [2.75, 3.05) is 27.4 Å². The van der Waals surface area contributed by atoms with Gasteiger partial charge in [-0.1, -0.05) is 62.9 Å². The molecule has 0 radical (unpaired) electrons. The van der Waals surface area contributed by atoms with Crippen LogP contribution in [0, 0.1) is 23.2 Å². The fourth-order valence-corrected chi connectivity index (χ4v) is 5.51. The number of alkyl halides is 1. The monoisotopic (exact) mass is 446 g/mol. The van der Waals surface area contributed by atoms with Gasteiger partial charge in [0.05, 0.1) is 13.2 Å². The molecule has 2 nitrogen and oxygen atoms in total. The minimum absolute atomic E-state index is 0.179. The summed E-state index contributed by atoms with van der Waals surface area (Å²) in [6.45, 7) is 11.1. The maximum Gasteiger partial charge on any atom is 0.0543 e. The Morgan fingerprint density at radius 2 is 1.26 bits per heavy atom. The highest BCUT2D eigenvalue weighted by Gasteiger charge is 2.41. The van der Waals surface area contributed by atoms with Crippen molar-refractivity contribution < 1.29 is 9.47 Å². The minimum Gasteiger partial charge on any atom is -0.384 e. The van der Waals surface area contributed by atoms with Crippen LogP contribution >= 0.6 is 15.9 Å². The average molecular weight is 448 g/mol. The quantitative estimate of drug-likeness (QED) is 0.255. The smallest absolute Gasteiger partial charge is 0.0543 e. The first-order valence-electron chi connectivity index (χ1n) is 11.4. The number of halogens is 1. The van der Waals surface area contributed by atoms with Crippen molar-refractivity contribution in [2.24, 2.45) is 23.2 Å². The van der Waals surface area contributed by atoms with E-state index in [2.05, 4.69) is 43.6 Å². The molecular weight excluding hydrogens is 400 g/mol. The van der Waals surface area contributed by atoms with Crippen molar-refractivity contribution in [1.29, 1.82) is 0 Å². The Labute approximate surface area is 178 Å². The van der Waals surface area contributed by atoms with Crippen LogP contribution in [-0.4, -0.2) is 31.8 Å². The Balaban J connectivity index is 2.89. The van der Waals surface area contributed by atoms with Crippen LogP contribution in [-0.2, 0) is 9.47 Å². The second-order valence-corrected chi connectivity index (χ2v) is 11.8. The average Bonchev–Trinajstić information content (AvgIpc) is 2.64. The molecule has 0 amide bonds. The Hall–Kier alpha value is 0.400. The van der Waals surface area contributed by atoms with E-state index in [0.29, 0.717) is 0 Å². The zero-order chi connectivity index (χ0) is 20.3. The summed E-state index contributed by atoms with van der Waals surface area (Å²) in [4.78, 5) is 0. The molecule has 0 atom stereocenters. The molecule has 1 saturated carbocycles. The van der Waals surface area contributed by atoms with Gasteiger partial charge in [0.15, 0.2) is 0 Å². The molecule has 0 unspecified atom stereocenters. The van der Waals surface area contributed by atoms with Gasteiger partial charge >= 0.3 is 0 Å². The molecule has 0 saturated heterocycles. The molecule has 1 aliphatic carbocycles. The molecule has 0 aliphatic heterocycles. The van der Waals surface area contributed by atoms with E-state index in [1.54, 1.807) is 0 Å². The van der Waals surface area contributed by atoms with E-state index in [9.17, 15) is 0 Å². The summed E-state index contributed by atoms with van der Waals surface area (Å²) >= 11 is 4.24. The van der Waals surface area contributed by atoms with Crippen LogP contribution in [0.3, 0.4) is 0 Å². The number of methoxy groups -OCH3 is 2. The number of hydrogen-bond acceptors (Lipinski definition) is 2. The Kier molecular flexibility index (Phi) is 12.1. The van der Waals surface area contributed by atoms with Crippen LogP contribution in [0.1, 0.15) is 98.3 Å². The maximum absolute atomic E-state index is 5.78. The van der Waals surface area contributed by atoms with Gasteiger partial charge in [0.2, 0.25) is 0 Å². The molecule has 0 bridgehead atoms. The first kappa shape index (κ1) is 25.4. The predicted molar refractivity (Wildman–Crippen MR) is 122 cm³/mol. The molecule has 162 valence electrons. The molecule has 27 heavy (non-hydrogen) atoms. The van der Waals surface area contributed by atoms with E-state index in [1.807, 2.05) is 14.2 Å². The van der Waals surface area contributed by atoms with Gasteiger partial charge < -0.3 is 9.47 Å². The molecule has 0 N–H and O–H groups in total. The predicted octanol–water partition coefficient (Wildman–Crippen LogP) is 7.63. The fourth-order valence-electron chi connectivity index (χ4n) is 4.86. The Bertz CT molecular complexity index is 357. The standard InChI is InChI=1S/C24H47BrO2/c1-20(2)12-14-24(25,15-13-21(3)4)17-16-23(18-26-5,19-27-6)22-10-8-7-9-11-22/h20-22H,7-19H2,1-6H3. The molecule has 0 heterocycles. The van der Waals surface area contributed by atoms with E-state index in [4.69, 9.17) is 9.47 Å². The highest BCUT2D eigenvalue weighted by molar-refractivity contribution is 9.10. The van der Waals surface area contributed by atoms with Crippen LogP contribution in [0.2, 0.25) is 0 Å². The lowest BCUT2D eigenvalue weighted by atomic mass is 9.66. The van der Waals surface area contributed by atoms with Gasteiger partial charge in [-0.2, -0.15) is 0 Å². The summed E-state index contributed by atoms with van der Waals surface area (Å²) < 4.78 is 11.8. The lowest BCUT2D eigenvalue weighted by Gasteiger charge is -2.44. The third-order valence-corrected chi connectivity index (χ3v) is 7.93. The number of hydrogen-bond donors (Lipinski definition) is 0. The van der Waals surface area contributed by atoms with Gasteiger partial charge in [0.25, 0.3) is 0 Å². The SMILES string of the molecule is COCC(CCC(Br)(CCC(C)C)CCC(C)C)(COC)C1CCCCC1. The molecule has 0 aromatic rings. The molecule has 3 heteroatoms. The van der Waals surface area contributed by atoms with Crippen LogP contribution < -0.4 is 0 Å². The Morgan fingerprint density at radius 3 is 1.67 bits per heavy atom. The molecule has 1 aliphatic rings. The highest BCUT2D eigenvalue weighted by atomic mass is 79.9. The fraction of sp³-hybridized carbons (Fsp3) is 1.00. The van der Waals surface area contributed by atoms with Crippen molar-refractivity contribution in [3.63, 3.8) is 0 Å². The summed E-state index contributed by atoms with van der Waals surface area (Å²) in [7, 11) is 3.73. The van der Waals surface area contributed by atoms with Gasteiger partial charge in [0, 0.05) is 24.0 Å². The molecule has 1 rings (SSSR count). The normalized spacial score (nSPS) is 17.2. The third-order valence-electron chi connectivity index (χ3n) is 6.75. The van der Waals surface area contributed by atoms with Crippen molar-refractivity contribution in [1.82, 2.24) is 0 Å². The zero-order valence-electron chi connectivity index (χ0n) is 19.1. The second kappa shape index (κ2) is 12.9.